The summed E-state index contributed by atoms with van der Waals surface area (Å²) >= 11 is 5.86. The Balaban J connectivity index is 1.82. The predicted octanol–water partition coefficient (Wildman–Crippen LogP) is 1.90. The highest BCUT2D eigenvalue weighted by Gasteiger charge is 2.15. The van der Waals surface area contributed by atoms with Gasteiger partial charge < -0.3 is 14.2 Å². The van der Waals surface area contributed by atoms with Crippen molar-refractivity contribution in [3.8, 4) is 11.5 Å². The summed E-state index contributed by atoms with van der Waals surface area (Å²) in [6.07, 6.45) is -0.0522. The molecule has 2 aromatic rings. The maximum absolute atomic E-state index is 12.1. The summed E-state index contributed by atoms with van der Waals surface area (Å²) in [5.41, 5.74) is 5.14. The van der Waals surface area contributed by atoms with Gasteiger partial charge in [0.2, 0.25) is 0 Å². The zero-order valence-electron chi connectivity index (χ0n) is 15.3. The lowest BCUT2D eigenvalue weighted by atomic mass is 10.1. The molecule has 0 aliphatic rings. The van der Waals surface area contributed by atoms with Crippen molar-refractivity contribution in [3.63, 3.8) is 0 Å². The molecule has 2 rings (SSSR count). The number of methoxy groups -OCH3 is 2. The number of rotatable bonds is 7. The zero-order valence-corrected chi connectivity index (χ0v) is 16.0. The number of halogens is 1. The minimum Gasteiger partial charge on any atom is -0.496 e. The molecule has 0 saturated carbocycles. The second-order valence-electron chi connectivity index (χ2n) is 5.50. The highest BCUT2D eigenvalue weighted by atomic mass is 35.5. The largest absolute Gasteiger partial charge is 0.496 e. The summed E-state index contributed by atoms with van der Waals surface area (Å²) in [5.74, 6) is -1.11. The van der Waals surface area contributed by atoms with Crippen molar-refractivity contribution < 1.29 is 28.6 Å². The molecule has 0 heterocycles. The number of carbonyl (C=O) groups excluding carboxylic acids is 3. The predicted molar refractivity (Wildman–Crippen MR) is 101 cm³/mol. The first-order valence-electron chi connectivity index (χ1n) is 8.14. The summed E-state index contributed by atoms with van der Waals surface area (Å²) in [4.78, 5) is 35.8. The molecule has 0 fully saturated rings. The van der Waals surface area contributed by atoms with Crippen LogP contribution in [0.15, 0.2) is 42.5 Å². The molecule has 0 aliphatic heterocycles. The minimum atomic E-state index is -0.706. The molecule has 9 heteroatoms. The van der Waals surface area contributed by atoms with Gasteiger partial charge in [0.1, 0.15) is 11.5 Å². The van der Waals surface area contributed by atoms with Crippen LogP contribution >= 0.6 is 11.6 Å². The Morgan fingerprint density at radius 3 is 2.39 bits per heavy atom. The third-order valence-electron chi connectivity index (χ3n) is 3.61. The molecule has 0 bridgehead atoms. The fraction of sp³-hybridized carbons (Fsp3) is 0.211. The van der Waals surface area contributed by atoms with Gasteiger partial charge >= 0.3 is 5.97 Å². The number of benzene rings is 2. The molecule has 0 aromatic heterocycles. The van der Waals surface area contributed by atoms with E-state index in [2.05, 4.69) is 10.9 Å². The first kappa shape index (κ1) is 21.0. The molecular formula is C19H19ClN2O6. The van der Waals surface area contributed by atoms with Gasteiger partial charge in [-0.1, -0.05) is 29.8 Å². The Hall–Kier alpha value is -3.26. The van der Waals surface area contributed by atoms with Crippen LogP contribution in [0.25, 0.3) is 0 Å². The lowest BCUT2D eigenvalue weighted by molar-refractivity contribution is -0.148. The number of nitrogens with one attached hydrogen (secondary N) is 2. The van der Waals surface area contributed by atoms with E-state index in [1.165, 1.54) is 26.4 Å². The molecule has 0 atom stereocenters. The number of para-hydroxylation sites is 1. The van der Waals surface area contributed by atoms with Crippen LogP contribution in [0.1, 0.15) is 15.9 Å². The average molecular weight is 407 g/mol. The molecule has 0 radical (unpaired) electrons. The number of hydrogen-bond acceptors (Lipinski definition) is 6. The van der Waals surface area contributed by atoms with Gasteiger partial charge in [0.05, 0.1) is 26.2 Å². The fourth-order valence-electron chi connectivity index (χ4n) is 2.29. The molecule has 28 heavy (non-hydrogen) atoms. The molecule has 148 valence electrons. The van der Waals surface area contributed by atoms with Gasteiger partial charge in [0, 0.05) is 10.6 Å². The van der Waals surface area contributed by atoms with Crippen LogP contribution in [0.2, 0.25) is 5.02 Å². The second-order valence-corrected chi connectivity index (χ2v) is 5.93. The lowest BCUT2D eigenvalue weighted by Crippen LogP contribution is -2.43. The molecule has 2 aromatic carbocycles. The van der Waals surface area contributed by atoms with Gasteiger partial charge in [0.15, 0.2) is 6.61 Å². The molecule has 0 spiro atoms. The van der Waals surface area contributed by atoms with E-state index in [4.69, 9.17) is 25.8 Å². The van der Waals surface area contributed by atoms with E-state index in [9.17, 15) is 14.4 Å². The van der Waals surface area contributed by atoms with Crippen LogP contribution in [0.3, 0.4) is 0 Å². The quantitative estimate of drug-likeness (QED) is 0.537. The van der Waals surface area contributed by atoms with Crippen molar-refractivity contribution in [2.24, 2.45) is 0 Å². The average Bonchev–Trinajstić information content (AvgIpc) is 2.70. The zero-order chi connectivity index (χ0) is 20.5. The van der Waals surface area contributed by atoms with Gasteiger partial charge in [-0.05, 0) is 24.3 Å². The van der Waals surface area contributed by atoms with Crippen LogP contribution in [0.4, 0.5) is 0 Å². The summed E-state index contributed by atoms with van der Waals surface area (Å²) < 4.78 is 15.1. The number of esters is 1. The van der Waals surface area contributed by atoms with Crippen molar-refractivity contribution in [3.05, 3.63) is 58.6 Å². The van der Waals surface area contributed by atoms with E-state index in [1.54, 1.807) is 30.3 Å². The monoisotopic (exact) mass is 406 g/mol. The minimum absolute atomic E-state index is 0.0522. The topological polar surface area (TPSA) is 103 Å². The van der Waals surface area contributed by atoms with Crippen LogP contribution in [-0.2, 0) is 20.7 Å². The molecule has 8 nitrogen and oxygen atoms in total. The van der Waals surface area contributed by atoms with Gasteiger partial charge in [0.25, 0.3) is 11.8 Å². The van der Waals surface area contributed by atoms with Crippen molar-refractivity contribution in [2.45, 2.75) is 6.42 Å². The number of carbonyl (C=O) groups is 3. The van der Waals surface area contributed by atoms with Gasteiger partial charge in [-0.25, -0.2) is 0 Å². The normalized spacial score (nSPS) is 9.96. The third kappa shape index (κ3) is 5.88. The van der Waals surface area contributed by atoms with E-state index in [-0.39, 0.29) is 12.0 Å². The molecule has 0 saturated heterocycles. The standard InChI is InChI=1S/C19H19ClN2O6/c1-26-15-6-4-3-5-12(15)9-18(24)28-11-17(23)21-22-19(25)14-10-13(20)7-8-16(14)27-2/h3-8,10H,9,11H2,1-2H3,(H,21,23)(H,22,25). The molecule has 2 amide bonds. The van der Waals surface area contributed by atoms with E-state index in [1.807, 2.05) is 0 Å². The Bertz CT molecular complexity index is 871. The van der Waals surface area contributed by atoms with Crippen LogP contribution < -0.4 is 20.3 Å². The molecule has 0 unspecified atom stereocenters. The van der Waals surface area contributed by atoms with E-state index < -0.39 is 24.4 Å². The van der Waals surface area contributed by atoms with Crippen molar-refractivity contribution in [2.75, 3.05) is 20.8 Å². The van der Waals surface area contributed by atoms with Gasteiger partial charge in [-0.2, -0.15) is 0 Å². The summed E-state index contributed by atoms with van der Waals surface area (Å²) in [5, 5.41) is 0.336. The first-order valence-corrected chi connectivity index (χ1v) is 8.52. The van der Waals surface area contributed by atoms with Gasteiger partial charge in [-0.15, -0.1) is 0 Å². The van der Waals surface area contributed by atoms with Crippen LogP contribution in [0.5, 0.6) is 11.5 Å². The highest BCUT2D eigenvalue weighted by Crippen LogP contribution is 2.22. The first-order chi connectivity index (χ1) is 13.4. The number of ether oxygens (including phenoxy) is 3. The summed E-state index contributed by atoms with van der Waals surface area (Å²) in [6.45, 7) is -0.555. The maximum Gasteiger partial charge on any atom is 0.310 e. The molecule has 2 N–H and O–H groups in total. The summed E-state index contributed by atoms with van der Waals surface area (Å²) in [7, 11) is 2.90. The fourth-order valence-corrected chi connectivity index (χ4v) is 2.46. The van der Waals surface area contributed by atoms with E-state index in [0.717, 1.165) is 0 Å². The van der Waals surface area contributed by atoms with Crippen molar-refractivity contribution in [1.82, 2.24) is 10.9 Å². The Labute approximate surface area is 166 Å². The highest BCUT2D eigenvalue weighted by molar-refractivity contribution is 6.31. The van der Waals surface area contributed by atoms with Crippen LogP contribution in [-0.4, -0.2) is 38.6 Å². The van der Waals surface area contributed by atoms with Crippen LogP contribution in [0, 0.1) is 0 Å². The summed E-state index contributed by atoms with van der Waals surface area (Å²) in [6, 6.07) is 11.5. The Morgan fingerprint density at radius 1 is 0.964 bits per heavy atom. The lowest BCUT2D eigenvalue weighted by Gasteiger charge is -2.11. The van der Waals surface area contributed by atoms with E-state index >= 15 is 0 Å². The van der Waals surface area contributed by atoms with E-state index in [0.29, 0.717) is 22.1 Å². The Kier molecular flexibility index (Phi) is 7.65. The van der Waals surface area contributed by atoms with Crippen molar-refractivity contribution in [1.29, 1.82) is 0 Å². The molecule has 0 aliphatic carbocycles. The number of hydrogen-bond donors (Lipinski definition) is 2. The number of hydrazine groups is 1. The Morgan fingerprint density at radius 2 is 1.68 bits per heavy atom. The molecular weight excluding hydrogens is 388 g/mol. The van der Waals surface area contributed by atoms with Crippen molar-refractivity contribution >= 4 is 29.4 Å². The third-order valence-corrected chi connectivity index (χ3v) is 3.85. The second kappa shape index (κ2) is 10.2. The number of amides is 2. The van der Waals surface area contributed by atoms with Gasteiger partial charge in [-0.3, -0.25) is 25.2 Å². The smallest absolute Gasteiger partial charge is 0.310 e. The maximum atomic E-state index is 12.1. The SMILES string of the molecule is COc1ccccc1CC(=O)OCC(=O)NNC(=O)c1cc(Cl)ccc1OC.